The van der Waals surface area contributed by atoms with Crippen LogP contribution in [0.2, 0.25) is 0 Å². The second kappa shape index (κ2) is 7.01. The first-order valence-corrected chi connectivity index (χ1v) is 5.21. The van der Waals surface area contributed by atoms with Crippen LogP contribution in [0, 0.1) is 0 Å². The molecule has 0 atom stereocenters. The molecular weight excluding hydrogens is 192 g/mol. The predicted octanol–water partition coefficient (Wildman–Crippen LogP) is 2.81. The first-order chi connectivity index (χ1) is 7.33. The van der Waals surface area contributed by atoms with E-state index in [1.165, 1.54) is 5.56 Å². The lowest BCUT2D eigenvalue weighted by atomic mass is 10.1. The molecule has 0 aliphatic heterocycles. The Morgan fingerprint density at radius 1 is 1.13 bits per heavy atom. The van der Waals surface area contributed by atoms with Crippen molar-refractivity contribution in [1.29, 1.82) is 0 Å². The van der Waals surface area contributed by atoms with Gasteiger partial charge in [-0.1, -0.05) is 36.8 Å². The summed E-state index contributed by atoms with van der Waals surface area (Å²) in [7, 11) is 0. The van der Waals surface area contributed by atoms with E-state index in [1.54, 1.807) is 0 Å². The van der Waals surface area contributed by atoms with Gasteiger partial charge in [0.2, 0.25) is 0 Å². The summed E-state index contributed by atoms with van der Waals surface area (Å²) in [6.45, 7) is 0. The highest BCUT2D eigenvalue weighted by molar-refractivity contribution is 5.68. The minimum Gasteiger partial charge on any atom is -0.301 e. The van der Waals surface area contributed by atoms with Crippen LogP contribution in [0.25, 0.3) is 0 Å². The Balaban J connectivity index is 2.05. The lowest BCUT2D eigenvalue weighted by molar-refractivity contribution is -0.234. The van der Waals surface area contributed by atoms with Crippen molar-refractivity contribution in [1.82, 2.24) is 0 Å². The molecule has 1 N–H and O–H groups in total. The first kappa shape index (κ1) is 11.7. The average molecular weight is 208 g/mol. The van der Waals surface area contributed by atoms with Gasteiger partial charge in [0.25, 0.3) is 0 Å². The summed E-state index contributed by atoms with van der Waals surface area (Å²) in [5.74, 6) is -0.547. The number of hydrogen-bond acceptors (Lipinski definition) is 3. The number of hydrogen-bond donors (Lipinski definition) is 1. The van der Waals surface area contributed by atoms with Gasteiger partial charge in [-0.15, -0.1) is 0 Å². The molecule has 0 aliphatic carbocycles. The van der Waals surface area contributed by atoms with Crippen molar-refractivity contribution in [2.45, 2.75) is 32.1 Å². The molecule has 0 aromatic heterocycles. The van der Waals surface area contributed by atoms with Gasteiger partial charge >= 0.3 is 5.97 Å². The molecule has 0 bridgehead atoms. The van der Waals surface area contributed by atoms with Gasteiger partial charge < -0.3 is 4.89 Å². The Morgan fingerprint density at radius 3 is 2.53 bits per heavy atom. The Hall–Kier alpha value is -1.35. The number of rotatable bonds is 6. The maximum Gasteiger partial charge on any atom is 0.342 e. The summed E-state index contributed by atoms with van der Waals surface area (Å²) in [5.41, 5.74) is 1.32. The van der Waals surface area contributed by atoms with Gasteiger partial charge in [0.1, 0.15) is 0 Å². The maximum atomic E-state index is 10.6. The zero-order chi connectivity index (χ0) is 10.9. The van der Waals surface area contributed by atoms with Crippen LogP contribution in [0.1, 0.15) is 31.2 Å². The fraction of sp³-hybridized carbons (Fsp3) is 0.417. The van der Waals surface area contributed by atoms with E-state index in [4.69, 9.17) is 5.26 Å². The van der Waals surface area contributed by atoms with Crippen LogP contribution in [0.15, 0.2) is 30.3 Å². The topological polar surface area (TPSA) is 46.5 Å². The van der Waals surface area contributed by atoms with Crippen LogP contribution in [0.3, 0.4) is 0 Å². The van der Waals surface area contributed by atoms with Crippen molar-refractivity contribution in [3.05, 3.63) is 35.9 Å². The molecule has 0 heterocycles. The molecule has 0 aliphatic rings. The van der Waals surface area contributed by atoms with Crippen molar-refractivity contribution < 1.29 is 14.9 Å². The highest BCUT2D eigenvalue weighted by Crippen LogP contribution is 2.07. The summed E-state index contributed by atoms with van der Waals surface area (Å²) >= 11 is 0. The molecular formula is C12H16O3. The molecule has 1 rings (SSSR count). The Morgan fingerprint density at radius 2 is 1.87 bits per heavy atom. The SMILES string of the molecule is O=C(CCCCCc1ccccc1)OO. The third kappa shape index (κ3) is 5.18. The van der Waals surface area contributed by atoms with Crippen molar-refractivity contribution in [2.75, 3.05) is 0 Å². The largest absolute Gasteiger partial charge is 0.342 e. The molecule has 3 nitrogen and oxygen atoms in total. The Kier molecular flexibility index (Phi) is 5.48. The Labute approximate surface area is 89.6 Å². The summed E-state index contributed by atoms with van der Waals surface area (Å²) < 4.78 is 0. The summed E-state index contributed by atoms with van der Waals surface area (Å²) in [6.07, 6.45) is 4.14. The monoisotopic (exact) mass is 208 g/mol. The number of aryl methyl sites for hydroxylation is 1. The van der Waals surface area contributed by atoms with E-state index in [0.717, 1.165) is 25.7 Å². The molecule has 15 heavy (non-hydrogen) atoms. The standard InChI is InChI=1S/C12H16O3/c13-12(15-14)10-6-2-5-9-11-7-3-1-4-8-11/h1,3-4,7-8,14H,2,5-6,9-10H2. The van der Waals surface area contributed by atoms with Crippen molar-refractivity contribution in [3.63, 3.8) is 0 Å². The average Bonchev–Trinajstić information content (AvgIpc) is 2.29. The quantitative estimate of drug-likeness (QED) is 0.444. The summed E-state index contributed by atoms with van der Waals surface area (Å²) in [4.78, 5) is 14.1. The van der Waals surface area contributed by atoms with Gasteiger partial charge in [-0.2, -0.15) is 5.26 Å². The lowest BCUT2D eigenvalue weighted by Gasteiger charge is -2.00. The van der Waals surface area contributed by atoms with E-state index in [9.17, 15) is 4.79 Å². The lowest BCUT2D eigenvalue weighted by Crippen LogP contribution is -1.99. The first-order valence-electron chi connectivity index (χ1n) is 5.21. The molecule has 0 radical (unpaired) electrons. The molecule has 1 aromatic rings. The fourth-order valence-corrected chi connectivity index (χ4v) is 1.47. The highest BCUT2D eigenvalue weighted by atomic mass is 17.1. The third-order valence-corrected chi connectivity index (χ3v) is 2.29. The molecule has 0 saturated carbocycles. The number of benzene rings is 1. The van der Waals surface area contributed by atoms with E-state index in [2.05, 4.69) is 17.0 Å². The van der Waals surface area contributed by atoms with Gasteiger partial charge in [0.05, 0.1) is 0 Å². The van der Waals surface area contributed by atoms with E-state index in [-0.39, 0.29) is 0 Å². The number of unbranched alkanes of at least 4 members (excludes halogenated alkanes) is 2. The smallest absolute Gasteiger partial charge is 0.301 e. The zero-order valence-corrected chi connectivity index (χ0v) is 8.69. The minimum atomic E-state index is -0.547. The van der Waals surface area contributed by atoms with Crippen molar-refractivity contribution in [3.8, 4) is 0 Å². The minimum absolute atomic E-state index is 0.297. The molecule has 0 spiro atoms. The molecule has 0 amide bonds. The summed E-state index contributed by atoms with van der Waals surface area (Å²) in [6, 6.07) is 10.3. The molecule has 1 aromatic carbocycles. The van der Waals surface area contributed by atoms with Gasteiger partial charge in [0, 0.05) is 6.42 Å². The van der Waals surface area contributed by atoms with Gasteiger partial charge in [-0.05, 0) is 24.8 Å². The second-order valence-corrected chi connectivity index (χ2v) is 3.51. The Bertz CT molecular complexity index is 282. The van der Waals surface area contributed by atoms with E-state index >= 15 is 0 Å². The molecule has 0 fully saturated rings. The zero-order valence-electron chi connectivity index (χ0n) is 8.69. The van der Waals surface area contributed by atoms with Crippen LogP contribution in [-0.4, -0.2) is 11.2 Å². The van der Waals surface area contributed by atoms with Gasteiger partial charge in [0.15, 0.2) is 0 Å². The molecule has 0 unspecified atom stereocenters. The van der Waals surface area contributed by atoms with Crippen LogP contribution in [0.4, 0.5) is 0 Å². The second-order valence-electron chi connectivity index (χ2n) is 3.51. The highest BCUT2D eigenvalue weighted by Gasteiger charge is 2.00. The van der Waals surface area contributed by atoms with Crippen LogP contribution in [-0.2, 0) is 16.1 Å². The van der Waals surface area contributed by atoms with E-state index in [0.29, 0.717) is 6.42 Å². The summed E-state index contributed by atoms with van der Waals surface area (Å²) in [5, 5.41) is 8.02. The van der Waals surface area contributed by atoms with Crippen LogP contribution >= 0.6 is 0 Å². The van der Waals surface area contributed by atoms with Crippen molar-refractivity contribution >= 4 is 5.97 Å². The number of carbonyl (C=O) groups is 1. The van der Waals surface area contributed by atoms with Gasteiger partial charge in [-0.3, -0.25) is 0 Å². The fourth-order valence-electron chi connectivity index (χ4n) is 1.47. The van der Waals surface area contributed by atoms with Crippen LogP contribution < -0.4 is 0 Å². The van der Waals surface area contributed by atoms with Crippen molar-refractivity contribution in [2.24, 2.45) is 0 Å². The van der Waals surface area contributed by atoms with Crippen LogP contribution in [0.5, 0.6) is 0 Å². The molecule has 0 saturated heterocycles. The molecule has 82 valence electrons. The maximum absolute atomic E-state index is 10.6. The predicted molar refractivity (Wildman–Crippen MR) is 57.3 cm³/mol. The molecule has 3 heteroatoms. The normalized spacial score (nSPS) is 9.93. The van der Waals surface area contributed by atoms with E-state index in [1.807, 2.05) is 18.2 Å². The van der Waals surface area contributed by atoms with Gasteiger partial charge in [-0.25, -0.2) is 4.79 Å². The number of carbonyl (C=O) groups excluding carboxylic acids is 1. The van der Waals surface area contributed by atoms with E-state index < -0.39 is 5.97 Å². The third-order valence-electron chi connectivity index (χ3n) is 2.29.